The van der Waals surface area contributed by atoms with Gasteiger partial charge in [0.25, 0.3) is 5.91 Å². The Hall–Kier alpha value is -2.93. The highest BCUT2D eigenvalue weighted by molar-refractivity contribution is 7.09. The second kappa shape index (κ2) is 7.13. The molecular formula is C19H18N4O2S. The van der Waals surface area contributed by atoms with Gasteiger partial charge in [-0.05, 0) is 36.4 Å². The molecule has 0 spiro atoms. The van der Waals surface area contributed by atoms with E-state index in [1.807, 2.05) is 47.8 Å². The van der Waals surface area contributed by atoms with Crippen molar-refractivity contribution < 1.29 is 9.59 Å². The van der Waals surface area contributed by atoms with E-state index in [0.29, 0.717) is 12.4 Å². The Balaban J connectivity index is 1.57. The molecule has 2 heterocycles. The number of carbonyl (C=O) groups excluding carboxylic acids is 2. The second-order valence-electron chi connectivity index (χ2n) is 6.19. The van der Waals surface area contributed by atoms with Crippen LogP contribution in [-0.4, -0.2) is 21.6 Å². The minimum absolute atomic E-state index is 0.0207. The van der Waals surface area contributed by atoms with Crippen molar-refractivity contribution in [3.8, 4) is 5.69 Å². The number of nitrogens with zero attached hydrogens (tertiary/aromatic N) is 2. The van der Waals surface area contributed by atoms with Crippen molar-refractivity contribution in [2.24, 2.45) is 5.92 Å². The van der Waals surface area contributed by atoms with Gasteiger partial charge in [-0.2, -0.15) is 5.10 Å². The van der Waals surface area contributed by atoms with E-state index in [4.69, 9.17) is 0 Å². The molecule has 1 aliphatic rings. The number of benzene rings is 1. The summed E-state index contributed by atoms with van der Waals surface area (Å²) in [7, 11) is 0. The van der Waals surface area contributed by atoms with Gasteiger partial charge in [-0.1, -0.05) is 24.3 Å². The molecule has 3 aromatic rings. The normalized spacial score (nSPS) is 13.4. The monoisotopic (exact) mass is 366 g/mol. The van der Waals surface area contributed by atoms with E-state index < -0.39 is 0 Å². The quantitative estimate of drug-likeness (QED) is 0.703. The lowest BCUT2D eigenvalue weighted by molar-refractivity contribution is -0.117. The van der Waals surface area contributed by atoms with E-state index in [9.17, 15) is 9.59 Å². The minimum Gasteiger partial charge on any atom is -0.346 e. The first kappa shape index (κ1) is 16.5. The number of hydrogen-bond donors (Lipinski definition) is 2. The fourth-order valence-corrected chi connectivity index (χ4v) is 3.24. The first-order chi connectivity index (χ1) is 12.7. The van der Waals surface area contributed by atoms with Gasteiger partial charge >= 0.3 is 0 Å². The van der Waals surface area contributed by atoms with E-state index in [2.05, 4.69) is 15.7 Å². The molecule has 26 heavy (non-hydrogen) atoms. The molecule has 4 rings (SSSR count). The topological polar surface area (TPSA) is 76.0 Å². The van der Waals surface area contributed by atoms with Crippen LogP contribution in [0.2, 0.25) is 0 Å². The Morgan fingerprint density at radius 3 is 2.65 bits per heavy atom. The Morgan fingerprint density at radius 1 is 1.15 bits per heavy atom. The summed E-state index contributed by atoms with van der Waals surface area (Å²) in [6.07, 6.45) is 1.83. The summed E-state index contributed by atoms with van der Waals surface area (Å²) in [6.45, 7) is 0.457. The predicted molar refractivity (Wildman–Crippen MR) is 100 cm³/mol. The van der Waals surface area contributed by atoms with E-state index in [1.165, 1.54) is 0 Å². The van der Waals surface area contributed by atoms with Crippen molar-refractivity contribution in [3.63, 3.8) is 0 Å². The van der Waals surface area contributed by atoms with Crippen LogP contribution in [0.25, 0.3) is 5.69 Å². The van der Waals surface area contributed by atoms with Gasteiger partial charge in [0.15, 0.2) is 5.69 Å². The largest absolute Gasteiger partial charge is 0.346 e. The third kappa shape index (κ3) is 3.67. The van der Waals surface area contributed by atoms with Crippen molar-refractivity contribution in [2.45, 2.75) is 19.4 Å². The molecule has 0 aliphatic heterocycles. The SMILES string of the molecule is O=C(NCc1cccs1)c1cc(NC(=O)C2CC2)n(-c2ccccc2)n1. The standard InChI is InChI=1S/C19H18N4O2S/c24-18(13-8-9-13)21-17-11-16(19(25)20-12-15-7-4-10-26-15)22-23(17)14-5-2-1-3-6-14/h1-7,10-11,13H,8-9,12H2,(H,20,25)(H,21,24). The van der Waals surface area contributed by atoms with Crippen LogP contribution in [-0.2, 0) is 11.3 Å². The van der Waals surface area contributed by atoms with Gasteiger partial charge in [0.1, 0.15) is 5.82 Å². The molecule has 132 valence electrons. The highest BCUT2D eigenvalue weighted by Gasteiger charge is 2.30. The van der Waals surface area contributed by atoms with Crippen molar-refractivity contribution in [3.05, 3.63) is 64.5 Å². The maximum atomic E-state index is 12.5. The van der Waals surface area contributed by atoms with Crippen LogP contribution in [0.1, 0.15) is 28.2 Å². The number of rotatable bonds is 6. The van der Waals surface area contributed by atoms with Crippen LogP contribution in [0.3, 0.4) is 0 Å². The number of aromatic nitrogens is 2. The van der Waals surface area contributed by atoms with Crippen LogP contribution >= 0.6 is 11.3 Å². The molecule has 6 nitrogen and oxygen atoms in total. The summed E-state index contributed by atoms with van der Waals surface area (Å²) in [5.74, 6) is 0.294. The zero-order valence-electron chi connectivity index (χ0n) is 14.0. The lowest BCUT2D eigenvalue weighted by atomic mass is 10.3. The van der Waals surface area contributed by atoms with Crippen LogP contribution in [0.5, 0.6) is 0 Å². The van der Waals surface area contributed by atoms with Gasteiger partial charge < -0.3 is 10.6 Å². The van der Waals surface area contributed by atoms with Crippen molar-refractivity contribution >= 4 is 29.0 Å². The van der Waals surface area contributed by atoms with Crippen molar-refractivity contribution in [1.82, 2.24) is 15.1 Å². The van der Waals surface area contributed by atoms with Crippen molar-refractivity contribution in [2.75, 3.05) is 5.32 Å². The van der Waals surface area contributed by atoms with Gasteiger partial charge in [0, 0.05) is 16.9 Å². The number of nitrogens with one attached hydrogen (secondary N) is 2. The molecule has 7 heteroatoms. The molecule has 0 saturated heterocycles. The molecule has 2 N–H and O–H groups in total. The van der Waals surface area contributed by atoms with Gasteiger partial charge in [0.2, 0.25) is 5.91 Å². The molecular weight excluding hydrogens is 348 g/mol. The molecule has 0 unspecified atom stereocenters. The lowest BCUT2D eigenvalue weighted by Gasteiger charge is -2.08. The zero-order chi connectivity index (χ0) is 17.9. The summed E-state index contributed by atoms with van der Waals surface area (Å²) in [5, 5.41) is 12.1. The summed E-state index contributed by atoms with van der Waals surface area (Å²) in [4.78, 5) is 25.7. The third-order valence-electron chi connectivity index (χ3n) is 4.15. The Labute approximate surface area is 154 Å². The highest BCUT2D eigenvalue weighted by Crippen LogP contribution is 2.30. The van der Waals surface area contributed by atoms with Crippen LogP contribution < -0.4 is 10.6 Å². The minimum atomic E-state index is -0.269. The van der Waals surface area contributed by atoms with E-state index in [0.717, 1.165) is 23.4 Å². The maximum absolute atomic E-state index is 12.5. The molecule has 0 atom stereocenters. The second-order valence-corrected chi connectivity index (χ2v) is 7.22. The summed E-state index contributed by atoms with van der Waals surface area (Å²) in [5.41, 5.74) is 1.06. The van der Waals surface area contributed by atoms with Gasteiger partial charge in [-0.25, -0.2) is 4.68 Å². The van der Waals surface area contributed by atoms with Crippen LogP contribution in [0.15, 0.2) is 53.9 Å². The number of amides is 2. The van der Waals surface area contributed by atoms with Crippen molar-refractivity contribution in [1.29, 1.82) is 0 Å². The van der Waals surface area contributed by atoms with Crippen LogP contribution in [0.4, 0.5) is 5.82 Å². The number of para-hydroxylation sites is 1. The smallest absolute Gasteiger partial charge is 0.272 e. The number of thiophene rings is 1. The first-order valence-electron chi connectivity index (χ1n) is 8.47. The molecule has 1 fully saturated rings. The summed E-state index contributed by atoms with van der Waals surface area (Å²) in [6, 6.07) is 15.0. The average Bonchev–Trinajstić information content (AvgIpc) is 3.23. The van der Waals surface area contributed by atoms with Gasteiger partial charge in [0.05, 0.1) is 12.2 Å². The molecule has 2 amide bonds. The predicted octanol–water partition coefficient (Wildman–Crippen LogP) is 3.21. The zero-order valence-corrected chi connectivity index (χ0v) is 14.8. The molecule has 0 radical (unpaired) electrons. The van der Waals surface area contributed by atoms with E-state index >= 15 is 0 Å². The number of carbonyl (C=O) groups is 2. The fourth-order valence-electron chi connectivity index (χ4n) is 2.59. The Kier molecular flexibility index (Phi) is 4.53. The Bertz CT molecular complexity index is 914. The lowest BCUT2D eigenvalue weighted by Crippen LogP contribution is -2.22. The number of hydrogen-bond acceptors (Lipinski definition) is 4. The average molecular weight is 366 g/mol. The Morgan fingerprint density at radius 2 is 1.96 bits per heavy atom. The van der Waals surface area contributed by atoms with E-state index in [-0.39, 0.29) is 23.4 Å². The molecule has 1 aromatic carbocycles. The van der Waals surface area contributed by atoms with E-state index in [1.54, 1.807) is 22.1 Å². The third-order valence-corrected chi connectivity index (χ3v) is 5.02. The van der Waals surface area contributed by atoms with Gasteiger partial charge in [-0.3, -0.25) is 9.59 Å². The fraction of sp³-hybridized carbons (Fsp3) is 0.211. The summed E-state index contributed by atoms with van der Waals surface area (Å²) < 4.78 is 1.60. The van der Waals surface area contributed by atoms with Crippen LogP contribution in [0, 0.1) is 5.92 Å². The first-order valence-corrected chi connectivity index (χ1v) is 9.35. The molecule has 1 saturated carbocycles. The van der Waals surface area contributed by atoms with Gasteiger partial charge in [-0.15, -0.1) is 11.3 Å². The highest BCUT2D eigenvalue weighted by atomic mass is 32.1. The summed E-state index contributed by atoms with van der Waals surface area (Å²) >= 11 is 1.59. The molecule has 0 bridgehead atoms. The number of anilines is 1. The molecule has 1 aliphatic carbocycles. The maximum Gasteiger partial charge on any atom is 0.272 e. The molecule has 2 aromatic heterocycles.